The molecule has 1 atom stereocenters. The number of hydrogen-bond donors (Lipinski definition) is 1. The van der Waals surface area contributed by atoms with Crippen molar-refractivity contribution in [2.75, 3.05) is 26.3 Å². The Kier molecular flexibility index (Phi) is 5.00. The highest BCUT2D eigenvalue weighted by atomic mass is 19.3. The predicted octanol–water partition coefficient (Wildman–Crippen LogP) is 1.36. The molecule has 2 rings (SSSR count). The Balaban J connectivity index is 1.75. The van der Waals surface area contributed by atoms with Crippen LogP contribution in [0.15, 0.2) is 4.52 Å². The van der Waals surface area contributed by atoms with E-state index in [1.54, 1.807) is 0 Å². The molecule has 0 spiro atoms. The summed E-state index contributed by atoms with van der Waals surface area (Å²) in [7, 11) is 0. The average molecular weight is 261 g/mol. The molecule has 1 N–H and O–H groups in total. The number of ether oxygens (including phenoxy) is 1. The van der Waals surface area contributed by atoms with Crippen LogP contribution in [0.5, 0.6) is 0 Å². The lowest BCUT2D eigenvalue weighted by atomic mass is 9.99. The highest BCUT2D eigenvalue weighted by Gasteiger charge is 2.20. The van der Waals surface area contributed by atoms with E-state index >= 15 is 0 Å². The number of halogens is 2. The molecule has 0 aliphatic carbocycles. The lowest BCUT2D eigenvalue weighted by Crippen LogP contribution is -2.28. The summed E-state index contributed by atoms with van der Waals surface area (Å²) < 4.78 is 33.5. The molecule has 1 aliphatic heterocycles. The monoisotopic (exact) mass is 261 g/mol. The molecule has 1 aromatic rings. The van der Waals surface area contributed by atoms with Crippen molar-refractivity contribution in [3.63, 3.8) is 0 Å². The summed E-state index contributed by atoms with van der Waals surface area (Å²) in [6, 6.07) is 0. The molecule has 18 heavy (non-hydrogen) atoms. The zero-order chi connectivity index (χ0) is 12.8. The highest BCUT2D eigenvalue weighted by Crippen LogP contribution is 2.20. The average Bonchev–Trinajstić information content (AvgIpc) is 2.84. The van der Waals surface area contributed by atoms with Gasteiger partial charge in [0.1, 0.15) is 6.61 Å². The van der Waals surface area contributed by atoms with Crippen molar-refractivity contribution >= 4 is 0 Å². The number of alkyl halides is 2. The minimum absolute atomic E-state index is 0.175. The molecule has 1 aromatic heterocycles. The molecule has 0 amide bonds. The fourth-order valence-electron chi connectivity index (χ4n) is 1.94. The van der Waals surface area contributed by atoms with Gasteiger partial charge >= 0.3 is 0 Å². The van der Waals surface area contributed by atoms with Crippen molar-refractivity contribution in [1.82, 2.24) is 15.5 Å². The third-order valence-corrected chi connectivity index (χ3v) is 2.85. The first kappa shape index (κ1) is 13.4. The first-order chi connectivity index (χ1) is 8.75. The van der Waals surface area contributed by atoms with E-state index in [4.69, 9.17) is 9.26 Å². The van der Waals surface area contributed by atoms with Gasteiger partial charge in [0.25, 0.3) is 6.43 Å². The van der Waals surface area contributed by atoms with E-state index in [0.717, 1.165) is 25.9 Å². The van der Waals surface area contributed by atoms with Gasteiger partial charge in [0.15, 0.2) is 5.82 Å². The second kappa shape index (κ2) is 6.75. The van der Waals surface area contributed by atoms with Gasteiger partial charge < -0.3 is 14.6 Å². The maximum absolute atomic E-state index is 11.8. The zero-order valence-electron chi connectivity index (χ0n) is 10.1. The normalized spacial score (nSPS) is 20.5. The van der Waals surface area contributed by atoms with Crippen molar-refractivity contribution in [2.45, 2.75) is 31.6 Å². The number of hydrogen-bond acceptors (Lipinski definition) is 5. The highest BCUT2D eigenvalue weighted by molar-refractivity contribution is 4.98. The number of rotatable bonds is 6. The van der Waals surface area contributed by atoms with Crippen LogP contribution in [0.1, 0.15) is 30.5 Å². The summed E-state index contributed by atoms with van der Waals surface area (Å²) in [6.07, 6.45) is 0.0938. The quantitative estimate of drug-likeness (QED) is 0.783. The Hall–Kier alpha value is -1.08. The summed E-state index contributed by atoms with van der Waals surface area (Å²) in [5.41, 5.74) is 0. The second-order valence-corrected chi connectivity index (χ2v) is 4.31. The SMILES string of the molecule is FC(F)COCCc1nc(C2CCCNC2)no1. The van der Waals surface area contributed by atoms with Crippen molar-refractivity contribution in [3.8, 4) is 0 Å². The van der Waals surface area contributed by atoms with Crippen LogP contribution in [0.25, 0.3) is 0 Å². The minimum atomic E-state index is -2.43. The Bertz CT molecular complexity index is 354. The van der Waals surface area contributed by atoms with E-state index in [1.165, 1.54) is 0 Å². The van der Waals surface area contributed by atoms with Gasteiger partial charge in [-0.1, -0.05) is 5.16 Å². The van der Waals surface area contributed by atoms with Gasteiger partial charge in [-0.25, -0.2) is 8.78 Å². The van der Waals surface area contributed by atoms with E-state index in [9.17, 15) is 8.78 Å². The second-order valence-electron chi connectivity index (χ2n) is 4.31. The maximum atomic E-state index is 11.8. The molecular formula is C11H17F2N3O2. The topological polar surface area (TPSA) is 60.2 Å². The van der Waals surface area contributed by atoms with E-state index in [0.29, 0.717) is 24.1 Å². The Labute approximate surface area is 104 Å². The van der Waals surface area contributed by atoms with Crippen LogP contribution in [0.4, 0.5) is 8.78 Å². The summed E-state index contributed by atoms with van der Waals surface area (Å²) in [5, 5.41) is 7.20. The molecule has 1 saturated heterocycles. The molecule has 1 unspecified atom stereocenters. The fraction of sp³-hybridized carbons (Fsp3) is 0.818. The molecule has 1 aliphatic rings. The van der Waals surface area contributed by atoms with Crippen molar-refractivity contribution in [1.29, 1.82) is 0 Å². The molecule has 0 bridgehead atoms. The number of nitrogens with one attached hydrogen (secondary N) is 1. The third kappa shape index (κ3) is 3.99. The van der Waals surface area contributed by atoms with E-state index < -0.39 is 13.0 Å². The molecule has 2 heterocycles. The van der Waals surface area contributed by atoms with Crippen LogP contribution < -0.4 is 5.32 Å². The van der Waals surface area contributed by atoms with Crippen LogP contribution in [0.2, 0.25) is 0 Å². The summed E-state index contributed by atoms with van der Waals surface area (Å²) in [4.78, 5) is 4.27. The van der Waals surface area contributed by atoms with Gasteiger partial charge in [0, 0.05) is 12.5 Å². The molecule has 5 nitrogen and oxygen atoms in total. The molecule has 102 valence electrons. The van der Waals surface area contributed by atoms with Crippen LogP contribution in [0, 0.1) is 0 Å². The van der Waals surface area contributed by atoms with Crippen molar-refractivity contribution in [2.24, 2.45) is 0 Å². The molecule has 0 aromatic carbocycles. The van der Waals surface area contributed by atoms with Crippen LogP contribution in [-0.2, 0) is 11.2 Å². The Morgan fingerprint density at radius 1 is 1.50 bits per heavy atom. The van der Waals surface area contributed by atoms with Crippen molar-refractivity contribution in [3.05, 3.63) is 11.7 Å². The van der Waals surface area contributed by atoms with Gasteiger partial charge in [-0.2, -0.15) is 4.98 Å². The number of piperidine rings is 1. The number of nitrogens with zero attached hydrogens (tertiary/aromatic N) is 2. The zero-order valence-corrected chi connectivity index (χ0v) is 10.1. The lowest BCUT2D eigenvalue weighted by Gasteiger charge is -2.19. The van der Waals surface area contributed by atoms with Crippen LogP contribution in [0.3, 0.4) is 0 Å². The first-order valence-electron chi connectivity index (χ1n) is 6.15. The van der Waals surface area contributed by atoms with Crippen molar-refractivity contribution < 1.29 is 18.0 Å². The minimum Gasteiger partial charge on any atom is -0.375 e. The molecule has 1 fully saturated rings. The van der Waals surface area contributed by atoms with E-state index in [-0.39, 0.29) is 6.61 Å². The summed E-state index contributed by atoms with van der Waals surface area (Å²) in [5.74, 6) is 1.44. The third-order valence-electron chi connectivity index (χ3n) is 2.85. The van der Waals surface area contributed by atoms with E-state index in [1.807, 2.05) is 0 Å². The smallest absolute Gasteiger partial charge is 0.261 e. The largest absolute Gasteiger partial charge is 0.375 e. The van der Waals surface area contributed by atoms with Gasteiger partial charge in [-0.3, -0.25) is 0 Å². The van der Waals surface area contributed by atoms with Crippen LogP contribution in [-0.4, -0.2) is 42.9 Å². The maximum Gasteiger partial charge on any atom is 0.261 e. The predicted molar refractivity (Wildman–Crippen MR) is 59.7 cm³/mol. The number of aromatic nitrogens is 2. The van der Waals surface area contributed by atoms with Gasteiger partial charge in [-0.05, 0) is 19.4 Å². The lowest BCUT2D eigenvalue weighted by molar-refractivity contribution is 0.0171. The summed E-state index contributed by atoms with van der Waals surface area (Å²) >= 11 is 0. The summed E-state index contributed by atoms with van der Waals surface area (Å²) in [6.45, 7) is 1.52. The van der Waals surface area contributed by atoms with Gasteiger partial charge in [0.2, 0.25) is 5.89 Å². The standard InChI is InChI=1S/C11H17F2N3O2/c12-9(13)7-17-5-3-10-15-11(16-18-10)8-2-1-4-14-6-8/h8-9,14H,1-7H2. The first-order valence-corrected chi connectivity index (χ1v) is 6.15. The Morgan fingerprint density at radius 3 is 3.11 bits per heavy atom. The van der Waals surface area contributed by atoms with Gasteiger partial charge in [0.05, 0.1) is 13.0 Å². The van der Waals surface area contributed by atoms with E-state index in [2.05, 4.69) is 15.5 Å². The molecule has 0 radical (unpaired) electrons. The molecule has 7 heteroatoms. The molecule has 0 saturated carbocycles. The fourth-order valence-corrected chi connectivity index (χ4v) is 1.94. The Morgan fingerprint density at radius 2 is 2.39 bits per heavy atom. The van der Waals surface area contributed by atoms with Crippen LogP contribution >= 0.6 is 0 Å². The molecular weight excluding hydrogens is 244 g/mol. The van der Waals surface area contributed by atoms with Gasteiger partial charge in [-0.15, -0.1) is 0 Å².